The third-order valence-corrected chi connectivity index (χ3v) is 5.90. The van der Waals surface area contributed by atoms with Crippen LogP contribution < -0.4 is 0 Å². The van der Waals surface area contributed by atoms with Gasteiger partial charge in [0, 0.05) is 5.41 Å². The van der Waals surface area contributed by atoms with Crippen molar-refractivity contribution in [2.75, 3.05) is 0 Å². The summed E-state index contributed by atoms with van der Waals surface area (Å²) in [5.74, 6) is 1.58. The number of hydrogen-bond acceptors (Lipinski definition) is 0. The van der Waals surface area contributed by atoms with Crippen molar-refractivity contribution in [2.24, 2.45) is 5.92 Å². The number of allylic oxidation sites excluding steroid dienone is 2. The zero-order valence-corrected chi connectivity index (χ0v) is 12.2. The first-order chi connectivity index (χ1) is 9.21. The second-order valence-corrected chi connectivity index (χ2v) is 7.22. The quantitative estimate of drug-likeness (QED) is 0.608. The molecule has 1 saturated carbocycles. The highest BCUT2D eigenvalue weighted by molar-refractivity contribution is 5.49. The minimum absolute atomic E-state index is 0.526. The van der Waals surface area contributed by atoms with Crippen molar-refractivity contribution in [3.05, 3.63) is 46.5 Å². The third-order valence-electron chi connectivity index (χ3n) is 5.90. The fourth-order valence-electron chi connectivity index (χ4n) is 5.13. The molecule has 1 aromatic carbocycles. The van der Waals surface area contributed by atoms with Crippen LogP contribution in [0.4, 0.5) is 0 Å². The maximum Gasteiger partial charge on any atom is 0.00300 e. The zero-order chi connectivity index (χ0) is 13.0. The van der Waals surface area contributed by atoms with E-state index < -0.39 is 0 Å². The lowest BCUT2D eigenvalue weighted by atomic mass is 9.60. The van der Waals surface area contributed by atoms with Crippen molar-refractivity contribution < 1.29 is 0 Å². The Bertz CT molecular complexity index is 549. The van der Waals surface area contributed by atoms with Crippen molar-refractivity contribution in [1.29, 1.82) is 0 Å². The van der Waals surface area contributed by atoms with E-state index in [4.69, 9.17) is 0 Å². The summed E-state index contributed by atoms with van der Waals surface area (Å²) in [7, 11) is 0. The lowest BCUT2D eigenvalue weighted by molar-refractivity contribution is 0.267. The van der Waals surface area contributed by atoms with Crippen LogP contribution >= 0.6 is 0 Å². The smallest absolute Gasteiger partial charge is 0.00300 e. The minimum atomic E-state index is 0.526. The van der Waals surface area contributed by atoms with Crippen LogP contribution in [0.15, 0.2) is 29.8 Å². The van der Waals surface area contributed by atoms with E-state index in [9.17, 15) is 0 Å². The Balaban J connectivity index is 1.93. The summed E-state index contributed by atoms with van der Waals surface area (Å²) in [6.07, 6.45) is 10.8. The monoisotopic (exact) mass is 252 g/mol. The third kappa shape index (κ3) is 1.52. The Morgan fingerprint density at radius 1 is 1.26 bits per heavy atom. The molecular formula is C19H24. The van der Waals surface area contributed by atoms with Gasteiger partial charge in [-0.2, -0.15) is 0 Å². The van der Waals surface area contributed by atoms with Crippen LogP contribution in [0.3, 0.4) is 0 Å². The highest BCUT2D eigenvalue weighted by Crippen LogP contribution is 2.59. The van der Waals surface area contributed by atoms with Gasteiger partial charge in [-0.25, -0.2) is 0 Å². The number of rotatable bonds is 1. The van der Waals surface area contributed by atoms with Crippen LogP contribution in [0.25, 0.3) is 0 Å². The van der Waals surface area contributed by atoms with Crippen LogP contribution in [-0.2, 0) is 11.8 Å². The molecule has 19 heavy (non-hydrogen) atoms. The topological polar surface area (TPSA) is 0 Å². The lowest BCUT2D eigenvalue weighted by Gasteiger charge is -2.43. The molecule has 4 rings (SSSR count). The van der Waals surface area contributed by atoms with Gasteiger partial charge in [-0.3, -0.25) is 0 Å². The SMILES string of the molecule is CC(C)c1cccc2c1C1(CCC2)CC2=CCC1C2. The van der Waals surface area contributed by atoms with Gasteiger partial charge in [0.25, 0.3) is 0 Å². The average molecular weight is 252 g/mol. The molecule has 0 amide bonds. The van der Waals surface area contributed by atoms with Crippen LogP contribution in [0.2, 0.25) is 0 Å². The summed E-state index contributed by atoms with van der Waals surface area (Å²) in [6, 6.07) is 7.10. The minimum Gasteiger partial charge on any atom is -0.0850 e. The molecule has 0 nitrogen and oxygen atoms in total. The molecule has 2 atom stereocenters. The van der Waals surface area contributed by atoms with Crippen molar-refractivity contribution >= 4 is 0 Å². The van der Waals surface area contributed by atoms with E-state index in [0.29, 0.717) is 11.3 Å². The average Bonchev–Trinajstić information content (AvgIpc) is 2.99. The van der Waals surface area contributed by atoms with E-state index in [0.717, 1.165) is 5.92 Å². The molecular weight excluding hydrogens is 228 g/mol. The Labute approximate surface area is 116 Å². The molecule has 0 heterocycles. The molecule has 1 aromatic rings. The number of hydrogen-bond donors (Lipinski definition) is 0. The van der Waals surface area contributed by atoms with Gasteiger partial charge >= 0.3 is 0 Å². The van der Waals surface area contributed by atoms with Gasteiger partial charge in [-0.1, -0.05) is 43.7 Å². The maximum atomic E-state index is 2.53. The van der Waals surface area contributed by atoms with Crippen LogP contribution in [0.1, 0.15) is 68.6 Å². The van der Waals surface area contributed by atoms with Crippen molar-refractivity contribution in [2.45, 2.75) is 63.7 Å². The van der Waals surface area contributed by atoms with Crippen LogP contribution in [-0.4, -0.2) is 0 Å². The Hall–Kier alpha value is -1.04. The van der Waals surface area contributed by atoms with Gasteiger partial charge < -0.3 is 0 Å². The van der Waals surface area contributed by atoms with Gasteiger partial charge in [-0.15, -0.1) is 0 Å². The lowest BCUT2D eigenvalue weighted by Crippen LogP contribution is -2.36. The first-order valence-electron chi connectivity index (χ1n) is 8.01. The summed E-state index contributed by atoms with van der Waals surface area (Å²) in [5.41, 5.74) is 7.38. The molecule has 0 aliphatic heterocycles. The summed E-state index contributed by atoms with van der Waals surface area (Å²) in [4.78, 5) is 0. The molecule has 3 aliphatic rings. The highest BCUT2D eigenvalue weighted by Gasteiger charge is 2.50. The zero-order valence-electron chi connectivity index (χ0n) is 12.2. The van der Waals surface area contributed by atoms with Gasteiger partial charge in [0.15, 0.2) is 0 Å². The van der Waals surface area contributed by atoms with E-state index in [1.165, 1.54) is 38.5 Å². The van der Waals surface area contributed by atoms with Crippen molar-refractivity contribution in [1.82, 2.24) is 0 Å². The molecule has 0 radical (unpaired) electrons. The summed E-state index contributed by atoms with van der Waals surface area (Å²) in [5, 5.41) is 0. The van der Waals surface area contributed by atoms with E-state index >= 15 is 0 Å². The molecule has 3 aliphatic carbocycles. The van der Waals surface area contributed by atoms with Gasteiger partial charge in [0.2, 0.25) is 0 Å². The number of aryl methyl sites for hydroxylation is 1. The molecule has 1 spiro atoms. The highest BCUT2D eigenvalue weighted by atomic mass is 14.5. The largest absolute Gasteiger partial charge is 0.0850 e. The predicted molar refractivity (Wildman–Crippen MR) is 80.6 cm³/mol. The Morgan fingerprint density at radius 2 is 2.16 bits per heavy atom. The molecule has 0 saturated heterocycles. The molecule has 2 bridgehead atoms. The van der Waals surface area contributed by atoms with E-state index in [-0.39, 0.29) is 0 Å². The maximum absolute atomic E-state index is 2.53. The van der Waals surface area contributed by atoms with E-state index in [1.807, 2.05) is 0 Å². The first-order valence-corrected chi connectivity index (χ1v) is 8.01. The molecule has 100 valence electrons. The molecule has 0 N–H and O–H groups in total. The van der Waals surface area contributed by atoms with E-state index in [2.05, 4.69) is 38.1 Å². The molecule has 2 unspecified atom stereocenters. The predicted octanol–water partition coefficient (Wildman–Crippen LogP) is 5.12. The molecule has 0 heteroatoms. The standard InChI is InChI=1S/C19H24/c1-13(2)17-7-3-5-15-6-4-10-19(18(15)17)12-14-8-9-16(19)11-14/h3,5,7-8,13,16H,4,6,9-12H2,1-2H3. The second kappa shape index (κ2) is 3.98. The number of benzene rings is 1. The normalized spacial score (nSPS) is 31.9. The van der Waals surface area contributed by atoms with Crippen molar-refractivity contribution in [3.8, 4) is 0 Å². The fraction of sp³-hybridized carbons (Fsp3) is 0.579. The Morgan fingerprint density at radius 3 is 2.84 bits per heavy atom. The summed E-state index contributed by atoms with van der Waals surface area (Å²) < 4.78 is 0. The van der Waals surface area contributed by atoms with E-state index in [1.54, 1.807) is 22.3 Å². The van der Waals surface area contributed by atoms with Gasteiger partial charge in [0.1, 0.15) is 0 Å². The Kier molecular flexibility index (Phi) is 2.46. The molecule has 1 fully saturated rings. The summed E-state index contributed by atoms with van der Waals surface area (Å²) >= 11 is 0. The molecule has 0 aromatic heterocycles. The first kappa shape index (κ1) is 11.8. The van der Waals surface area contributed by atoms with Crippen LogP contribution in [0.5, 0.6) is 0 Å². The van der Waals surface area contributed by atoms with Crippen molar-refractivity contribution in [3.63, 3.8) is 0 Å². The number of fused-ring (bicyclic) bond motifs is 5. The van der Waals surface area contributed by atoms with Gasteiger partial charge in [-0.05, 0) is 67.1 Å². The van der Waals surface area contributed by atoms with Crippen LogP contribution in [0, 0.1) is 5.92 Å². The van der Waals surface area contributed by atoms with Gasteiger partial charge in [0.05, 0.1) is 0 Å². The fourth-order valence-corrected chi connectivity index (χ4v) is 5.13. The second-order valence-electron chi connectivity index (χ2n) is 7.22. The summed E-state index contributed by atoms with van der Waals surface area (Å²) in [6.45, 7) is 4.73.